The molecular formula is C4H11FO3S. The second-order valence-corrected chi connectivity index (χ2v) is 5.23. The van der Waals surface area contributed by atoms with Crippen molar-refractivity contribution < 1.29 is 17.7 Å². The standard InChI is InChI=1S/C4H11FO3S/c1-2-9(6,7,8)4-3-5/h2-4H2,1H3,(H2,6,7,8). The summed E-state index contributed by atoms with van der Waals surface area (Å²) < 4.78 is 39.4. The molecule has 9 heavy (non-hydrogen) atoms. The molecule has 0 aromatic heterocycles. The van der Waals surface area contributed by atoms with Gasteiger partial charge in [0, 0.05) is 5.75 Å². The van der Waals surface area contributed by atoms with E-state index in [0.717, 1.165) is 0 Å². The molecule has 58 valence electrons. The van der Waals surface area contributed by atoms with Gasteiger partial charge in [0.1, 0.15) is 6.67 Å². The number of alkyl halides is 1. The van der Waals surface area contributed by atoms with Crippen molar-refractivity contribution in [3.63, 3.8) is 0 Å². The topological polar surface area (TPSA) is 57.5 Å². The summed E-state index contributed by atoms with van der Waals surface area (Å²) >= 11 is 0. The Balaban J connectivity index is 4.14. The van der Waals surface area contributed by atoms with E-state index in [0.29, 0.717) is 0 Å². The summed E-state index contributed by atoms with van der Waals surface area (Å²) in [6, 6.07) is 0. The molecule has 0 aromatic rings. The van der Waals surface area contributed by atoms with Crippen LogP contribution in [0.3, 0.4) is 0 Å². The third kappa shape index (κ3) is 3.56. The lowest BCUT2D eigenvalue weighted by molar-refractivity contribution is 0.381. The molecule has 3 nitrogen and oxygen atoms in total. The first kappa shape index (κ1) is 9.00. The molecule has 0 amide bonds. The van der Waals surface area contributed by atoms with Crippen LogP contribution in [0.15, 0.2) is 0 Å². The Morgan fingerprint density at radius 2 is 2.00 bits per heavy atom. The van der Waals surface area contributed by atoms with E-state index in [1.165, 1.54) is 6.92 Å². The van der Waals surface area contributed by atoms with Crippen LogP contribution >= 0.6 is 0 Å². The molecule has 0 atom stereocenters. The van der Waals surface area contributed by atoms with E-state index in [1.807, 2.05) is 0 Å². The van der Waals surface area contributed by atoms with E-state index < -0.39 is 22.1 Å². The molecule has 0 saturated heterocycles. The van der Waals surface area contributed by atoms with Crippen LogP contribution in [0.1, 0.15) is 6.92 Å². The number of hydrogen-bond acceptors (Lipinski definition) is 1. The lowest BCUT2D eigenvalue weighted by atomic mass is 10.9. The Morgan fingerprint density at radius 3 is 2.11 bits per heavy atom. The molecule has 0 unspecified atom stereocenters. The van der Waals surface area contributed by atoms with Crippen LogP contribution in [0.4, 0.5) is 4.39 Å². The van der Waals surface area contributed by atoms with Gasteiger partial charge >= 0.3 is 0 Å². The average Bonchev–Trinajstić information content (AvgIpc) is 1.66. The number of halogens is 1. The molecule has 0 bridgehead atoms. The van der Waals surface area contributed by atoms with E-state index in [9.17, 15) is 8.60 Å². The highest BCUT2D eigenvalue weighted by Crippen LogP contribution is 2.14. The van der Waals surface area contributed by atoms with Crippen molar-refractivity contribution in [2.45, 2.75) is 6.92 Å². The zero-order chi connectivity index (χ0) is 7.57. The Morgan fingerprint density at radius 1 is 1.56 bits per heavy atom. The summed E-state index contributed by atoms with van der Waals surface area (Å²) in [6.07, 6.45) is 0. The Labute approximate surface area is 53.3 Å². The molecule has 5 heteroatoms. The third-order valence-electron chi connectivity index (χ3n) is 1.07. The summed E-state index contributed by atoms with van der Waals surface area (Å²) in [4.78, 5) is 0. The van der Waals surface area contributed by atoms with Gasteiger partial charge in [0.15, 0.2) is 0 Å². The molecule has 0 saturated carbocycles. The van der Waals surface area contributed by atoms with E-state index in [4.69, 9.17) is 9.11 Å². The molecular weight excluding hydrogens is 147 g/mol. The van der Waals surface area contributed by atoms with Crippen LogP contribution in [0.2, 0.25) is 0 Å². The van der Waals surface area contributed by atoms with E-state index in [1.54, 1.807) is 0 Å². The van der Waals surface area contributed by atoms with Gasteiger partial charge in [-0.1, -0.05) is 6.92 Å². The lowest BCUT2D eigenvalue weighted by Crippen LogP contribution is -2.38. The van der Waals surface area contributed by atoms with Crippen LogP contribution in [-0.2, 0) is 9.63 Å². The van der Waals surface area contributed by atoms with Crippen molar-refractivity contribution >= 4 is 9.63 Å². The van der Waals surface area contributed by atoms with Crippen LogP contribution < -0.4 is 0 Å². The maximum Gasteiger partial charge on any atom is 0.103 e. The highest BCUT2D eigenvalue weighted by Gasteiger charge is 2.26. The van der Waals surface area contributed by atoms with E-state index in [-0.39, 0.29) is 5.75 Å². The maximum absolute atomic E-state index is 11.4. The van der Waals surface area contributed by atoms with Crippen LogP contribution in [-0.4, -0.2) is 31.5 Å². The molecule has 0 spiro atoms. The Kier molecular flexibility index (Phi) is 2.32. The van der Waals surface area contributed by atoms with Crippen molar-refractivity contribution in [3.05, 3.63) is 0 Å². The first-order chi connectivity index (χ1) is 3.89. The first-order valence-electron chi connectivity index (χ1n) is 2.58. The van der Waals surface area contributed by atoms with Gasteiger partial charge in [-0.3, -0.25) is 0 Å². The zero-order valence-electron chi connectivity index (χ0n) is 5.21. The predicted octanol–water partition coefficient (Wildman–Crippen LogP) is 0.742. The Bertz CT molecular complexity index is 150. The van der Waals surface area contributed by atoms with Gasteiger partial charge in [-0.25, -0.2) is 8.60 Å². The van der Waals surface area contributed by atoms with Crippen molar-refractivity contribution in [3.8, 4) is 0 Å². The minimum Gasteiger partial charge on any atom is -0.308 e. The smallest absolute Gasteiger partial charge is 0.103 e. The highest BCUT2D eigenvalue weighted by atomic mass is 32.3. The van der Waals surface area contributed by atoms with Gasteiger partial charge in [-0.2, -0.15) is 0 Å². The fraction of sp³-hybridized carbons (Fsp3) is 1.00. The molecule has 0 fully saturated rings. The molecule has 0 aliphatic heterocycles. The second kappa shape index (κ2) is 2.32. The zero-order valence-corrected chi connectivity index (χ0v) is 6.03. The largest absolute Gasteiger partial charge is 0.308 e. The second-order valence-electron chi connectivity index (χ2n) is 1.87. The fourth-order valence-electron chi connectivity index (χ4n) is 0.299. The molecule has 0 aliphatic carbocycles. The number of hydrogen-bond donors (Lipinski definition) is 2. The van der Waals surface area contributed by atoms with E-state index in [2.05, 4.69) is 0 Å². The number of rotatable bonds is 3. The van der Waals surface area contributed by atoms with Gasteiger partial charge in [0.2, 0.25) is 0 Å². The predicted molar refractivity (Wildman–Crippen MR) is 34.8 cm³/mol. The average molecular weight is 158 g/mol. The molecule has 0 aliphatic rings. The van der Waals surface area contributed by atoms with Crippen molar-refractivity contribution in [2.24, 2.45) is 0 Å². The summed E-state index contributed by atoms with van der Waals surface area (Å²) in [6.45, 7) is 0.372. The van der Waals surface area contributed by atoms with Gasteiger partial charge in [-0.05, 0) is 0 Å². The summed E-state index contributed by atoms with van der Waals surface area (Å²) in [5, 5.41) is 0. The summed E-state index contributed by atoms with van der Waals surface area (Å²) in [7, 11) is -4.53. The van der Waals surface area contributed by atoms with Crippen molar-refractivity contribution in [1.82, 2.24) is 0 Å². The molecule has 0 radical (unpaired) electrons. The third-order valence-corrected chi connectivity index (χ3v) is 3.20. The van der Waals surface area contributed by atoms with Crippen molar-refractivity contribution in [1.29, 1.82) is 0 Å². The molecule has 2 N–H and O–H groups in total. The SMILES string of the molecule is CCS(=O)(O)(O)CCF. The minimum absolute atomic E-state index is 0.304. The summed E-state index contributed by atoms with van der Waals surface area (Å²) in [5.74, 6) is -0.977. The van der Waals surface area contributed by atoms with Gasteiger partial charge in [0.25, 0.3) is 0 Å². The van der Waals surface area contributed by atoms with E-state index >= 15 is 0 Å². The normalized spacial score (nSPS) is 16.7. The fourth-order valence-corrected chi connectivity index (χ4v) is 0.898. The van der Waals surface area contributed by atoms with Crippen molar-refractivity contribution in [2.75, 3.05) is 18.2 Å². The monoisotopic (exact) mass is 158 g/mol. The molecule has 0 aromatic carbocycles. The van der Waals surface area contributed by atoms with Crippen LogP contribution in [0, 0.1) is 0 Å². The summed E-state index contributed by atoms with van der Waals surface area (Å²) in [5.41, 5.74) is 0. The molecule has 0 rings (SSSR count). The maximum atomic E-state index is 11.4. The highest BCUT2D eigenvalue weighted by molar-refractivity contribution is 8.10. The first-order valence-corrected chi connectivity index (χ1v) is 4.80. The van der Waals surface area contributed by atoms with Crippen LogP contribution in [0.25, 0.3) is 0 Å². The lowest BCUT2D eigenvalue weighted by Gasteiger charge is -2.27. The van der Waals surface area contributed by atoms with Gasteiger partial charge < -0.3 is 9.11 Å². The Hall–Kier alpha value is -0.0000000000000000555. The van der Waals surface area contributed by atoms with Gasteiger partial charge in [-0.15, -0.1) is 0 Å². The quantitative estimate of drug-likeness (QED) is 0.637. The van der Waals surface area contributed by atoms with Gasteiger partial charge in [0.05, 0.1) is 15.4 Å². The van der Waals surface area contributed by atoms with Crippen LogP contribution in [0.5, 0.6) is 0 Å². The molecule has 0 heterocycles. The minimum atomic E-state index is -4.53.